The molecular formula is C20H18O7. The van der Waals surface area contributed by atoms with Crippen molar-refractivity contribution in [2.24, 2.45) is 0 Å². The lowest BCUT2D eigenvalue weighted by Crippen LogP contribution is -2.11. The largest absolute Gasteiger partial charge is 0.513 e. The van der Waals surface area contributed by atoms with Crippen molar-refractivity contribution in [3.8, 4) is 17.2 Å². The molecule has 0 aliphatic heterocycles. The van der Waals surface area contributed by atoms with E-state index in [0.717, 1.165) is 0 Å². The lowest BCUT2D eigenvalue weighted by molar-refractivity contribution is 0.120. The van der Waals surface area contributed by atoms with Crippen LogP contribution in [-0.2, 0) is 9.47 Å². The van der Waals surface area contributed by atoms with E-state index < -0.39 is 12.3 Å². The summed E-state index contributed by atoms with van der Waals surface area (Å²) in [6.07, 6.45) is -1.72. The Morgan fingerprint density at radius 1 is 0.778 bits per heavy atom. The van der Waals surface area contributed by atoms with Crippen molar-refractivity contribution in [3.05, 3.63) is 42.5 Å². The fourth-order valence-corrected chi connectivity index (χ4v) is 2.86. The number of ether oxygens (including phenoxy) is 5. The second-order valence-electron chi connectivity index (χ2n) is 5.43. The maximum atomic E-state index is 11.9. The zero-order valence-electron chi connectivity index (χ0n) is 15.1. The number of carbonyl (C=O) groups excluding carboxylic acids is 2. The minimum atomic E-state index is -0.866. The fourth-order valence-electron chi connectivity index (χ4n) is 2.86. The third-order valence-corrected chi connectivity index (χ3v) is 3.92. The fraction of sp³-hybridized carbons (Fsp3) is 0.200. The van der Waals surface area contributed by atoms with Crippen LogP contribution >= 0.6 is 0 Å². The quantitative estimate of drug-likeness (QED) is 0.375. The molecule has 27 heavy (non-hydrogen) atoms. The molecule has 0 heterocycles. The molecule has 0 unspecified atom stereocenters. The molecule has 7 nitrogen and oxygen atoms in total. The first-order valence-electron chi connectivity index (χ1n) is 8.22. The van der Waals surface area contributed by atoms with Gasteiger partial charge >= 0.3 is 12.3 Å². The SMILES string of the molecule is CCOc1cccc2c(OC(=O)OC)c3ccccc3c(OC(=O)OC)c12. The van der Waals surface area contributed by atoms with Crippen molar-refractivity contribution in [1.82, 2.24) is 0 Å². The first-order valence-corrected chi connectivity index (χ1v) is 8.22. The highest BCUT2D eigenvalue weighted by Crippen LogP contribution is 2.46. The Hall–Kier alpha value is -3.48. The molecule has 140 valence electrons. The summed E-state index contributed by atoms with van der Waals surface area (Å²) in [4.78, 5) is 23.7. The highest BCUT2D eigenvalue weighted by molar-refractivity contribution is 6.14. The van der Waals surface area contributed by atoms with Gasteiger partial charge in [-0.2, -0.15) is 0 Å². The zero-order chi connectivity index (χ0) is 19.4. The number of hydrogen-bond acceptors (Lipinski definition) is 7. The van der Waals surface area contributed by atoms with Gasteiger partial charge in [-0.1, -0.05) is 36.4 Å². The molecule has 0 saturated carbocycles. The maximum Gasteiger partial charge on any atom is 0.513 e. The van der Waals surface area contributed by atoms with E-state index >= 15 is 0 Å². The van der Waals surface area contributed by atoms with Crippen LogP contribution in [0, 0.1) is 0 Å². The van der Waals surface area contributed by atoms with Crippen LogP contribution in [0.4, 0.5) is 9.59 Å². The molecule has 0 radical (unpaired) electrons. The number of hydrogen-bond donors (Lipinski definition) is 0. The van der Waals surface area contributed by atoms with Gasteiger partial charge in [0.15, 0.2) is 11.5 Å². The molecule has 0 amide bonds. The van der Waals surface area contributed by atoms with Crippen molar-refractivity contribution in [3.63, 3.8) is 0 Å². The first-order chi connectivity index (χ1) is 13.1. The van der Waals surface area contributed by atoms with Gasteiger partial charge in [-0.05, 0) is 13.0 Å². The smallest absolute Gasteiger partial charge is 0.493 e. The first kappa shape index (κ1) is 18.3. The molecule has 7 heteroatoms. The summed E-state index contributed by atoms with van der Waals surface area (Å²) >= 11 is 0. The van der Waals surface area contributed by atoms with Gasteiger partial charge in [-0.15, -0.1) is 0 Å². The molecular weight excluding hydrogens is 352 g/mol. The molecule has 0 spiro atoms. The van der Waals surface area contributed by atoms with Gasteiger partial charge in [0, 0.05) is 16.2 Å². The lowest BCUT2D eigenvalue weighted by atomic mass is 10.00. The average Bonchev–Trinajstić information content (AvgIpc) is 2.70. The number of benzene rings is 3. The van der Waals surface area contributed by atoms with Gasteiger partial charge in [-0.25, -0.2) is 9.59 Å². The van der Waals surface area contributed by atoms with Crippen molar-refractivity contribution >= 4 is 33.9 Å². The molecule has 0 aromatic heterocycles. The average molecular weight is 370 g/mol. The number of fused-ring (bicyclic) bond motifs is 2. The molecule has 0 fully saturated rings. The van der Waals surface area contributed by atoms with E-state index in [9.17, 15) is 9.59 Å². The Kier molecular flexibility index (Phi) is 5.30. The second kappa shape index (κ2) is 7.82. The van der Waals surface area contributed by atoms with Crippen LogP contribution in [0.5, 0.6) is 17.2 Å². The summed E-state index contributed by atoms with van der Waals surface area (Å²) in [5, 5.41) is 2.15. The van der Waals surface area contributed by atoms with Crippen molar-refractivity contribution in [2.75, 3.05) is 20.8 Å². The molecule has 3 aromatic carbocycles. The van der Waals surface area contributed by atoms with Gasteiger partial charge in [0.1, 0.15) is 5.75 Å². The summed E-state index contributed by atoms with van der Waals surface area (Å²) in [7, 11) is 2.46. The van der Waals surface area contributed by atoms with Crippen LogP contribution < -0.4 is 14.2 Å². The molecule has 3 aromatic rings. The van der Waals surface area contributed by atoms with Crippen molar-refractivity contribution in [2.45, 2.75) is 6.92 Å². The van der Waals surface area contributed by atoms with Crippen LogP contribution in [-0.4, -0.2) is 33.1 Å². The van der Waals surface area contributed by atoms with Gasteiger partial charge < -0.3 is 23.7 Å². The van der Waals surface area contributed by atoms with Gasteiger partial charge in [0.05, 0.1) is 26.2 Å². The van der Waals surface area contributed by atoms with E-state index in [1.165, 1.54) is 14.2 Å². The second-order valence-corrected chi connectivity index (χ2v) is 5.43. The monoisotopic (exact) mass is 370 g/mol. The van der Waals surface area contributed by atoms with Crippen molar-refractivity contribution < 1.29 is 33.3 Å². The highest BCUT2D eigenvalue weighted by Gasteiger charge is 2.23. The van der Waals surface area contributed by atoms with E-state index in [4.69, 9.17) is 14.2 Å². The van der Waals surface area contributed by atoms with Gasteiger partial charge in [0.2, 0.25) is 0 Å². The summed E-state index contributed by atoms with van der Waals surface area (Å²) in [5.74, 6) is 1.02. The Morgan fingerprint density at radius 3 is 1.93 bits per heavy atom. The highest BCUT2D eigenvalue weighted by atomic mass is 16.7. The van der Waals surface area contributed by atoms with Crippen molar-refractivity contribution in [1.29, 1.82) is 0 Å². The topological polar surface area (TPSA) is 80.3 Å². The normalized spacial score (nSPS) is 10.5. The van der Waals surface area contributed by atoms with Crippen LogP contribution in [0.3, 0.4) is 0 Å². The predicted octanol–water partition coefficient (Wildman–Crippen LogP) is 4.68. The van der Waals surface area contributed by atoms with Crippen LogP contribution in [0.2, 0.25) is 0 Å². The van der Waals surface area contributed by atoms with Crippen LogP contribution in [0.15, 0.2) is 42.5 Å². The summed E-state index contributed by atoms with van der Waals surface area (Å²) in [6, 6.07) is 12.3. The number of carbonyl (C=O) groups is 2. The Morgan fingerprint density at radius 2 is 1.33 bits per heavy atom. The molecule has 3 rings (SSSR count). The van der Waals surface area contributed by atoms with Crippen LogP contribution in [0.25, 0.3) is 21.5 Å². The molecule has 0 saturated heterocycles. The Bertz CT molecular complexity index is 1010. The maximum absolute atomic E-state index is 11.9. The zero-order valence-corrected chi connectivity index (χ0v) is 15.1. The number of methoxy groups -OCH3 is 2. The third kappa shape index (κ3) is 3.44. The van der Waals surface area contributed by atoms with E-state index in [1.807, 2.05) is 6.92 Å². The Labute approximate surface area is 155 Å². The lowest BCUT2D eigenvalue weighted by Gasteiger charge is -2.17. The molecule has 0 bridgehead atoms. The standard InChI is InChI=1S/C20H18O7/c1-4-25-15-11-7-10-14-16(15)18(27-20(22)24-3)13-9-6-5-8-12(13)17(14)26-19(21)23-2/h5-11H,4H2,1-3H3. The summed E-state index contributed by atoms with van der Waals surface area (Å²) < 4.78 is 25.9. The van der Waals surface area contributed by atoms with Crippen LogP contribution in [0.1, 0.15) is 6.92 Å². The molecule has 0 atom stereocenters. The van der Waals surface area contributed by atoms with E-state index in [0.29, 0.717) is 33.9 Å². The minimum absolute atomic E-state index is 0.258. The van der Waals surface area contributed by atoms with E-state index in [2.05, 4.69) is 9.47 Å². The minimum Gasteiger partial charge on any atom is -0.493 e. The van der Waals surface area contributed by atoms with E-state index in [-0.39, 0.29) is 11.5 Å². The van der Waals surface area contributed by atoms with Gasteiger partial charge in [-0.3, -0.25) is 0 Å². The molecule has 0 N–H and O–H groups in total. The third-order valence-electron chi connectivity index (χ3n) is 3.92. The summed E-state index contributed by atoms with van der Waals surface area (Å²) in [6.45, 7) is 2.24. The van der Waals surface area contributed by atoms with E-state index in [1.54, 1.807) is 42.5 Å². The molecule has 0 aliphatic rings. The molecule has 0 aliphatic carbocycles. The Balaban J connectivity index is 2.44. The number of rotatable bonds is 4. The summed E-state index contributed by atoms with van der Waals surface area (Å²) in [5.41, 5.74) is 0. The predicted molar refractivity (Wildman–Crippen MR) is 98.7 cm³/mol. The van der Waals surface area contributed by atoms with Gasteiger partial charge in [0.25, 0.3) is 0 Å².